The third kappa shape index (κ3) is 3.84. The second kappa shape index (κ2) is 8.65. The van der Waals surface area contributed by atoms with E-state index in [0.717, 1.165) is 43.6 Å². The number of fused-ring (bicyclic) bond motifs is 2. The van der Waals surface area contributed by atoms with Crippen molar-refractivity contribution in [3.63, 3.8) is 0 Å². The van der Waals surface area contributed by atoms with Crippen LogP contribution in [0.1, 0.15) is 69.4 Å². The van der Waals surface area contributed by atoms with E-state index in [0.29, 0.717) is 28.9 Å². The molecule has 2 aliphatic heterocycles. The number of nitrogens with one attached hydrogen (secondary N) is 1. The van der Waals surface area contributed by atoms with Crippen LogP contribution in [0.5, 0.6) is 0 Å². The summed E-state index contributed by atoms with van der Waals surface area (Å²) in [7, 11) is 0. The molecule has 33 heavy (non-hydrogen) atoms. The van der Waals surface area contributed by atoms with Crippen molar-refractivity contribution < 1.29 is 14.4 Å². The van der Waals surface area contributed by atoms with Crippen molar-refractivity contribution in [3.05, 3.63) is 71.0 Å². The van der Waals surface area contributed by atoms with Crippen LogP contribution >= 0.6 is 0 Å². The van der Waals surface area contributed by atoms with Gasteiger partial charge < -0.3 is 9.88 Å². The number of aryl methyl sites for hydroxylation is 1. The summed E-state index contributed by atoms with van der Waals surface area (Å²) in [6.07, 6.45) is 7.03. The van der Waals surface area contributed by atoms with Crippen LogP contribution in [-0.2, 0) is 13.0 Å². The lowest BCUT2D eigenvalue weighted by molar-refractivity contribution is 0.0652. The van der Waals surface area contributed by atoms with Crippen LogP contribution in [0.4, 0.5) is 5.69 Å². The van der Waals surface area contributed by atoms with Gasteiger partial charge in [0.25, 0.3) is 17.7 Å². The fourth-order valence-electron chi connectivity index (χ4n) is 4.52. The van der Waals surface area contributed by atoms with Crippen molar-refractivity contribution in [2.75, 3.05) is 11.9 Å². The summed E-state index contributed by atoms with van der Waals surface area (Å²) >= 11 is 0. The molecule has 2 aromatic carbocycles. The smallest absolute Gasteiger partial charge is 0.261 e. The molecule has 0 aliphatic carbocycles. The Balaban J connectivity index is 1.31. The molecule has 0 spiro atoms. The van der Waals surface area contributed by atoms with Crippen molar-refractivity contribution in [3.8, 4) is 11.4 Å². The SMILES string of the molecule is CCCCN1C(=O)c2ccc(C(=O)Nc3ccc(-c4ncc5n4CCCC5)cc3)cc2C1=O. The standard InChI is InChI=1S/C26H26N4O3/c1-2-3-13-30-25(32)21-12-9-18(15-22(21)26(30)33)24(31)28-19-10-7-17(8-11-19)23-27-16-20-6-4-5-14-29(20)23/h7-12,15-16H,2-6,13-14H2,1H3,(H,28,31). The molecule has 3 aromatic rings. The molecule has 0 bridgehead atoms. The molecule has 3 amide bonds. The molecule has 168 valence electrons. The van der Waals surface area contributed by atoms with Gasteiger partial charge in [0.1, 0.15) is 5.82 Å². The molecular weight excluding hydrogens is 416 g/mol. The molecule has 7 nitrogen and oxygen atoms in total. The molecule has 0 saturated heterocycles. The van der Waals surface area contributed by atoms with Gasteiger partial charge in [-0.2, -0.15) is 0 Å². The molecule has 3 heterocycles. The second-order valence-electron chi connectivity index (χ2n) is 8.59. The molecule has 0 fully saturated rings. The van der Waals surface area contributed by atoms with Crippen LogP contribution in [-0.4, -0.2) is 38.7 Å². The number of aromatic nitrogens is 2. The third-order valence-electron chi connectivity index (χ3n) is 6.37. The number of carbonyl (C=O) groups excluding carboxylic acids is 3. The van der Waals surface area contributed by atoms with Gasteiger partial charge in [-0.05, 0) is 68.1 Å². The van der Waals surface area contributed by atoms with E-state index < -0.39 is 0 Å². The molecule has 0 saturated carbocycles. The molecule has 0 atom stereocenters. The molecular formula is C26H26N4O3. The maximum absolute atomic E-state index is 12.8. The number of hydrogen-bond acceptors (Lipinski definition) is 4. The maximum Gasteiger partial charge on any atom is 0.261 e. The molecule has 0 radical (unpaired) electrons. The monoisotopic (exact) mass is 442 g/mol. The number of unbranched alkanes of at least 4 members (excludes halogenated alkanes) is 1. The largest absolute Gasteiger partial charge is 0.328 e. The number of anilines is 1. The van der Waals surface area contributed by atoms with Crippen LogP contribution in [0.25, 0.3) is 11.4 Å². The van der Waals surface area contributed by atoms with Gasteiger partial charge in [-0.1, -0.05) is 13.3 Å². The number of rotatable bonds is 6. The van der Waals surface area contributed by atoms with E-state index in [4.69, 9.17) is 0 Å². The Morgan fingerprint density at radius 2 is 1.82 bits per heavy atom. The molecule has 5 rings (SSSR count). The van der Waals surface area contributed by atoms with Crippen molar-refractivity contribution in [1.29, 1.82) is 0 Å². The number of benzene rings is 2. The predicted octanol–water partition coefficient (Wildman–Crippen LogP) is 4.53. The molecule has 0 unspecified atom stereocenters. The topological polar surface area (TPSA) is 84.3 Å². The lowest BCUT2D eigenvalue weighted by Gasteiger charge is -2.16. The quantitative estimate of drug-likeness (QED) is 0.568. The summed E-state index contributed by atoms with van der Waals surface area (Å²) in [6.45, 7) is 3.39. The normalized spacial score (nSPS) is 14.9. The summed E-state index contributed by atoms with van der Waals surface area (Å²) in [4.78, 5) is 43.8. The van der Waals surface area contributed by atoms with Crippen LogP contribution in [0, 0.1) is 0 Å². The highest BCUT2D eigenvalue weighted by Crippen LogP contribution is 2.27. The number of imide groups is 1. The Labute approximate surface area is 192 Å². The van der Waals surface area contributed by atoms with Gasteiger partial charge in [0.2, 0.25) is 0 Å². The average molecular weight is 443 g/mol. The van der Waals surface area contributed by atoms with Gasteiger partial charge in [-0.25, -0.2) is 4.98 Å². The summed E-state index contributed by atoms with van der Waals surface area (Å²) in [5.41, 5.74) is 3.94. The first kappa shape index (κ1) is 21.1. The minimum atomic E-state index is -0.328. The zero-order chi connectivity index (χ0) is 22.9. The highest BCUT2D eigenvalue weighted by Gasteiger charge is 2.35. The summed E-state index contributed by atoms with van der Waals surface area (Å²) in [6, 6.07) is 12.3. The molecule has 7 heteroatoms. The fraction of sp³-hybridized carbons (Fsp3) is 0.308. The van der Waals surface area contributed by atoms with Gasteiger partial charge in [-0.15, -0.1) is 0 Å². The van der Waals surface area contributed by atoms with Gasteiger partial charge in [-0.3, -0.25) is 19.3 Å². The lowest BCUT2D eigenvalue weighted by Crippen LogP contribution is -2.30. The highest BCUT2D eigenvalue weighted by atomic mass is 16.2. The average Bonchev–Trinajstić information content (AvgIpc) is 3.37. The third-order valence-corrected chi connectivity index (χ3v) is 6.37. The summed E-state index contributed by atoms with van der Waals surface area (Å²) < 4.78 is 2.27. The number of hydrogen-bond donors (Lipinski definition) is 1. The Morgan fingerprint density at radius 3 is 2.61 bits per heavy atom. The van der Waals surface area contributed by atoms with E-state index in [-0.39, 0.29) is 17.7 Å². The Kier molecular flexibility index (Phi) is 5.54. The van der Waals surface area contributed by atoms with Gasteiger partial charge in [0.05, 0.1) is 11.1 Å². The molecule has 1 aromatic heterocycles. The minimum absolute atomic E-state index is 0.285. The highest BCUT2D eigenvalue weighted by molar-refractivity contribution is 6.22. The molecule has 1 N–H and O–H groups in total. The van der Waals surface area contributed by atoms with Crippen LogP contribution in [0.3, 0.4) is 0 Å². The predicted molar refractivity (Wildman–Crippen MR) is 125 cm³/mol. The van der Waals surface area contributed by atoms with Gasteiger partial charge in [0, 0.05) is 41.8 Å². The Hall–Kier alpha value is -3.74. The van der Waals surface area contributed by atoms with Crippen molar-refractivity contribution in [2.45, 2.75) is 45.6 Å². The second-order valence-corrected chi connectivity index (χ2v) is 8.59. The number of amides is 3. The number of imidazole rings is 1. The van der Waals surface area contributed by atoms with Crippen LogP contribution in [0.15, 0.2) is 48.7 Å². The van der Waals surface area contributed by atoms with E-state index in [2.05, 4.69) is 14.9 Å². The first-order valence-corrected chi connectivity index (χ1v) is 11.5. The first-order valence-electron chi connectivity index (χ1n) is 11.5. The summed E-state index contributed by atoms with van der Waals surface area (Å²) in [5, 5.41) is 2.88. The van der Waals surface area contributed by atoms with E-state index >= 15 is 0 Å². The first-order chi connectivity index (χ1) is 16.1. The van der Waals surface area contributed by atoms with E-state index in [1.807, 2.05) is 37.4 Å². The summed E-state index contributed by atoms with van der Waals surface area (Å²) in [5.74, 6) is 0.0191. The van der Waals surface area contributed by atoms with Crippen LogP contribution < -0.4 is 5.32 Å². The van der Waals surface area contributed by atoms with Crippen molar-refractivity contribution in [2.24, 2.45) is 0 Å². The lowest BCUT2D eigenvalue weighted by atomic mass is 10.1. The van der Waals surface area contributed by atoms with Gasteiger partial charge >= 0.3 is 0 Å². The minimum Gasteiger partial charge on any atom is -0.328 e. The fourth-order valence-corrected chi connectivity index (χ4v) is 4.52. The zero-order valence-corrected chi connectivity index (χ0v) is 18.6. The number of nitrogens with zero attached hydrogens (tertiary/aromatic N) is 3. The number of carbonyl (C=O) groups is 3. The van der Waals surface area contributed by atoms with Crippen molar-refractivity contribution >= 4 is 23.4 Å². The van der Waals surface area contributed by atoms with Gasteiger partial charge in [0.15, 0.2) is 0 Å². The van der Waals surface area contributed by atoms with E-state index in [9.17, 15) is 14.4 Å². The zero-order valence-electron chi connectivity index (χ0n) is 18.6. The van der Waals surface area contributed by atoms with E-state index in [1.54, 1.807) is 12.1 Å². The van der Waals surface area contributed by atoms with E-state index in [1.165, 1.54) is 23.1 Å². The Morgan fingerprint density at radius 1 is 1.03 bits per heavy atom. The maximum atomic E-state index is 12.8. The molecule has 2 aliphatic rings. The van der Waals surface area contributed by atoms with Crippen molar-refractivity contribution in [1.82, 2.24) is 14.5 Å². The Bertz CT molecular complexity index is 1240. The van der Waals surface area contributed by atoms with Crippen LogP contribution in [0.2, 0.25) is 0 Å².